The van der Waals surface area contributed by atoms with E-state index in [0.29, 0.717) is 12.1 Å². The van der Waals surface area contributed by atoms with Gasteiger partial charge in [0.25, 0.3) is 5.56 Å². The van der Waals surface area contributed by atoms with Gasteiger partial charge in [-0.1, -0.05) is 24.3 Å². The van der Waals surface area contributed by atoms with E-state index in [2.05, 4.69) is 10.3 Å². The predicted octanol–water partition coefficient (Wildman–Crippen LogP) is 6.24. The number of halogens is 10. The molecule has 1 fully saturated rings. The van der Waals surface area contributed by atoms with Gasteiger partial charge in [-0.05, 0) is 30.5 Å². The van der Waals surface area contributed by atoms with Crippen LogP contribution in [0.15, 0.2) is 47.3 Å². The fourth-order valence-corrected chi connectivity index (χ4v) is 4.32. The highest BCUT2D eigenvalue weighted by atomic mass is 19.4. The minimum atomic E-state index is -5.24. The van der Waals surface area contributed by atoms with Crippen molar-refractivity contribution >= 4 is 5.91 Å². The van der Waals surface area contributed by atoms with Crippen molar-refractivity contribution in [2.24, 2.45) is 5.92 Å². The minimum absolute atomic E-state index is 0.00340. The molecule has 16 heteroatoms. The lowest BCUT2D eigenvalue weighted by Crippen LogP contribution is -2.42. The summed E-state index contributed by atoms with van der Waals surface area (Å²) in [5.41, 5.74) is -7.94. The first-order chi connectivity index (χ1) is 19.4. The van der Waals surface area contributed by atoms with Gasteiger partial charge in [0, 0.05) is 24.1 Å². The molecule has 3 aromatic rings. The highest BCUT2D eigenvalue weighted by molar-refractivity contribution is 5.79. The van der Waals surface area contributed by atoms with Crippen molar-refractivity contribution < 1.29 is 53.4 Å². The summed E-state index contributed by atoms with van der Waals surface area (Å²) in [4.78, 5) is 28.9. The number of hydrogen-bond donors (Lipinski definition) is 2. The SMILES string of the molecule is O=C(NCc1ccc(C(F)(F)F)c(-c2nc(C(F)(F)F)cc(=O)[nH]2)c1F)C1CC(OCc2ccccc2C(F)(F)F)C1. The Morgan fingerprint density at radius 1 is 0.905 bits per heavy atom. The summed E-state index contributed by atoms with van der Waals surface area (Å²) in [7, 11) is 0. The number of carbonyl (C=O) groups excluding carboxylic acids is 1. The van der Waals surface area contributed by atoms with E-state index in [0.717, 1.165) is 6.07 Å². The van der Waals surface area contributed by atoms with Gasteiger partial charge < -0.3 is 15.0 Å². The van der Waals surface area contributed by atoms with Crippen molar-refractivity contribution in [1.29, 1.82) is 0 Å². The summed E-state index contributed by atoms with van der Waals surface area (Å²) in [5, 5.41) is 2.31. The Balaban J connectivity index is 1.44. The molecule has 0 bridgehead atoms. The average molecular weight is 611 g/mol. The lowest BCUT2D eigenvalue weighted by Gasteiger charge is -2.34. The summed E-state index contributed by atoms with van der Waals surface area (Å²) in [6.07, 6.45) is -15.4. The Morgan fingerprint density at radius 2 is 1.55 bits per heavy atom. The Hall–Kier alpha value is -3.95. The maximum Gasteiger partial charge on any atom is 0.433 e. The van der Waals surface area contributed by atoms with Crippen molar-refractivity contribution in [1.82, 2.24) is 15.3 Å². The molecular formula is C26H19F10N3O3. The van der Waals surface area contributed by atoms with Crippen LogP contribution in [-0.2, 0) is 41.2 Å². The fourth-order valence-electron chi connectivity index (χ4n) is 4.32. The van der Waals surface area contributed by atoms with Gasteiger partial charge in [-0.25, -0.2) is 9.37 Å². The second-order valence-corrected chi connectivity index (χ2v) is 9.41. The van der Waals surface area contributed by atoms with E-state index in [1.54, 1.807) is 4.98 Å². The number of amides is 1. The lowest BCUT2D eigenvalue weighted by molar-refractivity contribution is -0.142. The molecule has 1 heterocycles. The summed E-state index contributed by atoms with van der Waals surface area (Å²) in [6, 6.07) is 5.87. The molecule has 1 aliphatic carbocycles. The van der Waals surface area contributed by atoms with Gasteiger partial charge in [0.05, 0.1) is 29.4 Å². The van der Waals surface area contributed by atoms with Crippen molar-refractivity contribution in [2.75, 3.05) is 0 Å². The zero-order valence-electron chi connectivity index (χ0n) is 21.0. The first kappa shape index (κ1) is 31.0. The molecule has 1 amide bonds. The molecule has 0 radical (unpaired) electrons. The average Bonchev–Trinajstić information content (AvgIpc) is 2.85. The smallest absolute Gasteiger partial charge is 0.373 e. The van der Waals surface area contributed by atoms with E-state index in [9.17, 15) is 49.1 Å². The lowest BCUT2D eigenvalue weighted by atomic mass is 9.81. The zero-order valence-corrected chi connectivity index (χ0v) is 21.0. The molecule has 1 saturated carbocycles. The molecule has 226 valence electrons. The van der Waals surface area contributed by atoms with Crippen LogP contribution < -0.4 is 10.9 Å². The van der Waals surface area contributed by atoms with Crippen molar-refractivity contribution in [2.45, 2.75) is 50.6 Å². The summed E-state index contributed by atoms with van der Waals surface area (Å²) < 4.78 is 140. The number of aromatic nitrogens is 2. The molecule has 42 heavy (non-hydrogen) atoms. The number of rotatable bonds is 7. The number of H-pyrrole nitrogens is 1. The molecule has 0 aliphatic heterocycles. The molecule has 0 spiro atoms. The molecule has 0 unspecified atom stereocenters. The number of nitrogens with one attached hydrogen (secondary N) is 2. The Bertz CT molecular complexity index is 1520. The van der Waals surface area contributed by atoms with Crippen LogP contribution in [0.4, 0.5) is 43.9 Å². The van der Waals surface area contributed by atoms with E-state index >= 15 is 4.39 Å². The van der Waals surface area contributed by atoms with Crippen molar-refractivity contribution in [3.05, 3.63) is 86.6 Å². The van der Waals surface area contributed by atoms with Gasteiger partial charge in [-0.3, -0.25) is 9.59 Å². The third-order valence-electron chi connectivity index (χ3n) is 6.51. The van der Waals surface area contributed by atoms with Crippen LogP contribution in [-0.4, -0.2) is 22.0 Å². The van der Waals surface area contributed by atoms with Crippen LogP contribution >= 0.6 is 0 Å². The van der Waals surface area contributed by atoms with E-state index < -0.39 is 88.2 Å². The Morgan fingerprint density at radius 3 is 2.17 bits per heavy atom. The minimum Gasteiger partial charge on any atom is -0.373 e. The van der Waals surface area contributed by atoms with Crippen molar-refractivity contribution in [3.8, 4) is 11.4 Å². The molecule has 6 nitrogen and oxygen atoms in total. The number of benzene rings is 2. The Labute approximate surface area is 229 Å². The first-order valence-corrected chi connectivity index (χ1v) is 12.1. The molecule has 0 saturated heterocycles. The van der Waals surface area contributed by atoms with E-state index in [-0.39, 0.29) is 31.1 Å². The maximum atomic E-state index is 15.3. The third kappa shape index (κ3) is 6.91. The molecule has 2 aromatic carbocycles. The largest absolute Gasteiger partial charge is 0.433 e. The quantitative estimate of drug-likeness (QED) is 0.310. The number of ether oxygens (including phenoxy) is 1. The van der Waals surface area contributed by atoms with Gasteiger partial charge in [-0.2, -0.15) is 39.5 Å². The topological polar surface area (TPSA) is 84.1 Å². The van der Waals surface area contributed by atoms with Gasteiger partial charge in [-0.15, -0.1) is 0 Å². The molecule has 0 atom stereocenters. The van der Waals surface area contributed by atoms with Crippen LogP contribution in [0.25, 0.3) is 11.4 Å². The Kier molecular flexibility index (Phi) is 8.40. The number of nitrogens with zero attached hydrogens (tertiary/aromatic N) is 1. The molecule has 1 aliphatic rings. The normalized spacial score (nSPS) is 17.6. The van der Waals surface area contributed by atoms with Gasteiger partial charge in [0.2, 0.25) is 5.91 Å². The molecule has 2 N–H and O–H groups in total. The number of alkyl halides is 9. The number of hydrogen-bond acceptors (Lipinski definition) is 4. The van der Waals surface area contributed by atoms with Gasteiger partial charge >= 0.3 is 18.5 Å². The number of carbonyl (C=O) groups is 1. The van der Waals surface area contributed by atoms with E-state index in [4.69, 9.17) is 4.74 Å². The second kappa shape index (κ2) is 11.4. The third-order valence-corrected chi connectivity index (χ3v) is 6.51. The highest BCUT2D eigenvalue weighted by Crippen LogP contribution is 2.39. The van der Waals surface area contributed by atoms with Gasteiger partial charge in [0.1, 0.15) is 11.6 Å². The number of aromatic amines is 1. The van der Waals surface area contributed by atoms with Crippen LogP contribution in [0.1, 0.15) is 40.8 Å². The van der Waals surface area contributed by atoms with E-state index in [1.165, 1.54) is 18.2 Å². The standard InChI is InChI=1S/C26H19F10N3O3/c27-21-12(5-6-17(25(31,32)33)20(21)22-38-18(26(34,35)36)9-19(40)39-22)10-37-23(41)14-7-15(8-14)42-11-13-3-1-2-4-16(13)24(28,29)30/h1-6,9,14-15H,7-8,10-11H2,(H,37,41)(H,38,39,40). The maximum absolute atomic E-state index is 15.3. The predicted molar refractivity (Wildman–Crippen MR) is 125 cm³/mol. The van der Waals surface area contributed by atoms with Crippen molar-refractivity contribution in [3.63, 3.8) is 0 Å². The summed E-state index contributed by atoms with van der Waals surface area (Å²) in [6.45, 7) is -1.03. The van der Waals surface area contributed by atoms with Crippen LogP contribution in [0, 0.1) is 11.7 Å². The monoisotopic (exact) mass is 611 g/mol. The highest BCUT2D eigenvalue weighted by Gasteiger charge is 2.40. The summed E-state index contributed by atoms with van der Waals surface area (Å²) in [5.74, 6) is -4.31. The summed E-state index contributed by atoms with van der Waals surface area (Å²) >= 11 is 0. The molecule has 4 rings (SSSR count). The fraction of sp³-hybridized carbons (Fsp3) is 0.346. The van der Waals surface area contributed by atoms with Gasteiger partial charge in [0.15, 0.2) is 5.69 Å². The van der Waals surface area contributed by atoms with Crippen LogP contribution in [0.2, 0.25) is 0 Å². The van der Waals surface area contributed by atoms with E-state index in [1.807, 2.05) is 0 Å². The molecular weight excluding hydrogens is 592 g/mol. The first-order valence-electron chi connectivity index (χ1n) is 12.1. The molecule has 1 aromatic heterocycles. The van der Waals surface area contributed by atoms with Crippen LogP contribution in [0.3, 0.4) is 0 Å². The zero-order chi connectivity index (χ0) is 31.0. The second-order valence-electron chi connectivity index (χ2n) is 9.41. The van der Waals surface area contributed by atoms with Crippen LogP contribution in [0.5, 0.6) is 0 Å².